The molecule has 0 aromatic heterocycles. The molecule has 2 fully saturated rings. The molecule has 3 rings (SSSR count). The number of non-ortho nitro benzene ring substituents is 1. The van der Waals surface area contributed by atoms with E-state index in [9.17, 15) is 23.3 Å². The number of thioether (sulfide) groups is 1. The molecule has 2 aliphatic rings. The van der Waals surface area contributed by atoms with Gasteiger partial charge in [-0.3, -0.25) is 14.9 Å². The van der Waals surface area contributed by atoms with Crippen LogP contribution in [0.3, 0.4) is 0 Å². The van der Waals surface area contributed by atoms with Crippen molar-refractivity contribution < 1.29 is 18.1 Å². The fraction of sp³-hybridized carbons (Fsp3) is 0.588. The fourth-order valence-corrected chi connectivity index (χ4v) is 6.11. The van der Waals surface area contributed by atoms with E-state index in [1.165, 1.54) is 48.2 Å². The standard InChI is InChI=1S/C17H23N3O5S2/c21-17(13-26-15-5-1-2-6-15)18-8-10-19(11-9-18)27(24,25)16-7-3-4-14(12-16)20(22)23/h3-4,7,12,15H,1-2,5-6,8-11,13H2. The summed E-state index contributed by atoms with van der Waals surface area (Å²) in [6.07, 6.45) is 4.82. The van der Waals surface area contributed by atoms with Gasteiger partial charge < -0.3 is 4.90 Å². The van der Waals surface area contributed by atoms with Crippen LogP contribution in [-0.2, 0) is 14.8 Å². The highest BCUT2D eigenvalue weighted by atomic mass is 32.2. The molecule has 0 atom stereocenters. The molecule has 1 aliphatic heterocycles. The Bertz CT molecular complexity index is 801. The molecule has 0 N–H and O–H groups in total. The number of nitrogens with zero attached hydrogens (tertiary/aromatic N) is 3. The van der Waals surface area contributed by atoms with Gasteiger partial charge in [0.1, 0.15) is 0 Å². The number of benzene rings is 1. The van der Waals surface area contributed by atoms with Gasteiger partial charge in [0.15, 0.2) is 0 Å². The van der Waals surface area contributed by atoms with Crippen LogP contribution in [0.25, 0.3) is 0 Å². The first-order valence-corrected chi connectivity index (χ1v) is 11.5. The Kier molecular flexibility index (Phi) is 6.38. The van der Waals surface area contributed by atoms with Crippen LogP contribution >= 0.6 is 11.8 Å². The first kappa shape index (κ1) is 20.1. The quantitative estimate of drug-likeness (QED) is 0.523. The molecule has 8 nitrogen and oxygen atoms in total. The van der Waals surface area contributed by atoms with Gasteiger partial charge in [-0.2, -0.15) is 4.31 Å². The lowest BCUT2D eigenvalue weighted by molar-refractivity contribution is -0.385. The van der Waals surface area contributed by atoms with Crippen molar-refractivity contribution in [2.24, 2.45) is 0 Å². The monoisotopic (exact) mass is 413 g/mol. The third-order valence-electron chi connectivity index (χ3n) is 5.00. The predicted octanol–water partition coefficient (Wildman–Crippen LogP) is 2.10. The number of piperazine rings is 1. The summed E-state index contributed by atoms with van der Waals surface area (Å²) < 4.78 is 26.8. The molecule has 0 bridgehead atoms. The number of hydrogen-bond acceptors (Lipinski definition) is 6. The molecule has 1 aromatic rings. The average Bonchev–Trinajstić information content (AvgIpc) is 3.20. The second-order valence-corrected chi connectivity index (χ2v) is 9.98. The maximum Gasteiger partial charge on any atom is 0.270 e. The highest BCUT2D eigenvalue weighted by molar-refractivity contribution is 8.00. The Hall–Kier alpha value is -1.65. The molecule has 0 unspecified atom stereocenters. The molecule has 1 saturated heterocycles. The maximum atomic E-state index is 12.7. The summed E-state index contributed by atoms with van der Waals surface area (Å²) in [6, 6.07) is 5.06. The zero-order valence-corrected chi connectivity index (χ0v) is 16.6. The summed E-state index contributed by atoms with van der Waals surface area (Å²) in [5, 5.41) is 11.5. The summed E-state index contributed by atoms with van der Waals surface area (Å²) in [5.41, 5.74) is -0.256. The topological polar surface area (TPSA) is 101 Å². The molecule has 1 aliphatic carbocycles. The van der Waals surface area contributed by atoms with E-state index in [0.717, 1.165) is 6.07 Å². The molecule has 1 amide bonds. The Balaban J connectivity index is 1.56. The van der Waals surface area contributed by atoms with E-state index >= 15 is 0 Å². The molecule has 1 aromatic carbocycles. The number of nitro benzene ring substituents is 1. The maximum absolute atomic E-state index is 12.7. The number of rotatable bonds is 6. The molecule has 1 saturated carbocycles. The Morgan fingerprint density at radius 1 is 1.19 bits per heavy atom. The Morgan fingerprint density at radius 3 is 2.48 bits per heavy atom. The van der Waals surface area contributed by atoms with Crippen molar-refractivity contribution in [3.63, 3.8) is 0 Å². The van der Waals surface area contributed by atoms with Crippen LogP contribution in [-0.4, -0.2) is 65.6 Å². The molecule has 0 spiro atoms. The summed E-state index contributed by atoms with van der Waals surface area (Å²) in [4.78, 5) is 24.3. The summed E-state index contributed by atoms with van der Waals surface area (Å²) in [6.45, 7) is 1.09. The van der Waals surface area contributed by atoms with Crippen LogP contribution in [0.1, 0.15) is 25.7 Å². The summed E-state index contributed by atoms with van der Waals surface area (Å²) in [7, 11) is -3.81. The normalized spacial score (nSPS) is 19.3. The Morgan fingerprint density at radius 2 is 1.85 bits per heavy atom. The predicted molar refractivity (Wildman–Crippen MR) is 103 cm³/mol. The van der Waals surface area contributed by atoms with Gasteiger partial charge in [-0.15, -0.1) is 11.8 Å². The molecular weight excluding hydrogens is 390 g/mol. The SMILES string of the molecule is O=C(CSC1CCCC1)N1CCN(S(=O)(=O)c2cccc([N+](=O)[O-])c2)CC1. The van der Waals surface area contributed by atoms with Crippen LogP contribution in [0.4, 0.5) is 5.69 Å². The summed E-state index contributed by atoms with van der Waals surface area (Å²) in [5.74, 6) is 0.502. The molecule has 1 heterocycles. The number of amides is 1. The number of hydrogen-bond donors (Lipinski definition) is 0. The lowest BCUT2D eigenvalue weighted by Gasteiger charge is -2.34. The molecular formula is C17H23N3O5S2. The van der Waals surface area contributed by atoms with Crippen LogP contribution in [0.2, 0.25) is 0 Å². The van der Waals surface area contributed by atoms with Gasteiger partial charge in [0, 0.05) is 43.6 Å². The molecule has 0 radical (unpaired) electrons. The van der Waals surface area contributed by atoms with E-state index in [-0.39, 0.29) is 29.6 Å². The van der Waals surface area contributed by atoms with Crippen molar-refractivity contribution in [1.82, 2.24) is 9.21 Å². The number of sulfonamides is 1. The van der Waals surface area contributed by atoms with Gasteiger partial charge in [-0.05, 0) is 18.9 Å². The lowest BCUT2D eigenvalue weighted by Crippen LogP contribution is -2.51. The largest absolute Gasteiger partial charge is 0.339 e. The van der Waals surface area contributed by atoms with E-state index in [0.29, 0.717) is 24.1 Å². The third-order valence-corrected chi connectivity index (χ3v) is 8.25. The van der Waals surface area contributed by atoms with Crippen molar-refractivity contribution in [2.75, 3.05) is 31.9 Å². The van der Waals surface area contributed by atoms with Gasteiger partial charge in [-0.1, -0.05) is 18.9 Å². The second kappa shape index (κ2) is 8.57. The third kappa shape index (κ3) is 4.80. The second-order valence-electron chi connectivity index (χ2n) is 6.76. The summed E-state index contributed by atoms with van der Waals surface area (Å²) >= 11 is 1.71. The van der Waals surface area contributed by atoms with E-state index < -0.39 is 14.9 Å². The zero-order valence-electron chi connectivity index (χ0n) is 15.0. The van der Waals surface area contributed by atoms with Gasteiger partial charge in [0.05, 0.1) is 15.6 Å². The van der Waals surface area contributed by atoms with Crippen LogP contribution < -0.4 is 0 Å². The lowest BCUT2D eigenvalue weighted by atomic mass is 10.3. The zero-order chi connectivity index (χ0) is 19.4. The van der Waals surface area contributed by atoms with Gasteiger partial charge in [0.2, 0.25) is 15.9 Å². The molecule has 10 heteroatoms. The number of carbonyl (C=O) groups is 1. The minimum absolute atomic E-state index is 0.0549. The minimum Gasteiger partial charge on any atom is -0.339 e. The fourth-order valence-electron chi connectivity index (χ4n) is 3.42. The van der Waals surface area contributed by atoms with E-state index in [4.69, 9.17) is 0 Å². The smallest absolute Gasteiger partial charge is 0.270 e. The van der Waals surface area contributed by atoms with Crippen molar-refractivity contribution in [3.05, 3.63) is 34.4 Å². The Labute approximate surface area is 163 Å². The van der Waals surface area contributed by atoms with Crippen molar-refractivity contribution >= 4 is 33.4 Å². The van der Waals surface area contributed by atoms with Crippen LogP contribution in [0.15, 0.2) is 29.2 Å². The first-order chi connectivity index (χ1) is 12.9. The highest BCUT2D eigenvalue weighted by Crippen LogP contribution is 2.29. The van der Waals surface area contributed by atoms with E-state index in [1.54, 1.807) is 16.7 Å². The van der Waals surface area contributed by atoms with E-state index in [1.807, 2.05) is 0 Å². The van der Waals surface area contributed by atoms with Gasteiger partial charge >= 0.3 is 0 Å². The van der Waals surface area contributed by atoms with Crippen LogP contribution in [0.5, 0.6) is 0 Å². The first-order valence-electron chi connectivity index (χ1n) is 9.02. The molecule has 148 valence electrons. The van der Waals surface area contributed by atoms with Crippen molar-refractivity contribution in [1.29, 1.82) is 0 Å². The van der Waals surface area contributed by atoms with Crippen LogP contribution in [0, 0.1) is 10.1 Å². The van der Waals surface area contributed by atoms with E-state index in [2.05, 4.69) is 0 Å². The number of nitro groups is 1. The minimum atomic E-state index is -3.81. The highest BCUT2D eigenvalue weighted by Gasteiger charge is 2.31. The van der Waals surface area contributed by atoms with Gasteiger partial charge in [0.25, 0.3) is 5.69 Å². The van der Waals surface area contributed by atoms with Crippen molar-refractivity contribution in [2.45, 2.75) is 35.8 Å². The molecule has 27 heavy (non-hydrogen) atoms. The average molecular weight is 414 g/mol. The van der Waals surface area contributed by atoms with Crippen molar-refractivity contribution in [3.8, 4) is 0 Å². The number of carbonyl (C=O) groups excluding carboxylic acids is 1. The van der Waals surface area contributed by atoms with Gasteiger partial charge in [-0.25, -0.2) is 8.42 Å².